The number of hydrogen-bond donors (Lipinski definition) is 1. The Kier molecular flexibility index (Phi) is 4.16. The van der Waals surface area contributed by atoms with Crippen LogP contribution < -0.4 is 10.1 Å². The van der Waals surface area contributed by atoms with Gasteiger partial charge in [0.15, 0.2) is 0 Å². The number of rotatable bonds is 2. The summed E-state index contributed by atoms with van der Waals surface area (Å²) in [7, 11) is 1.70. The molecule has 1 heterocycles. The maximum Gasteiger partial charge on any atom is 0.124 e. The van der Waals surface area contributed by atoms with Crippen LogP contribution in [-0.2, 0) is 0 Å². The van der Waals surface area contributed by atoms with Gasteiger partial charge in [0.05, 0.1) is 33.9 Å². The second-order valence-electron chi connectivity index (χ2n) is 6.16. The number of fused-ring (bicyclic) bond motifs is 3. The van der Waals surface area contributed by atoms with Crippen LogP contribution in [0.15, 0.2) is 42.5 Å². The molecule has 0 saturated heterocycles. The summed E-state index contributed by atoms with van der Waals surface area (Å²) in [5.41, 5.74) is 3.00. The Hall–Kier alpha value is -1.35. The predicted octanol–water partition coefficient (Wildman–Crippen LogP) is 6.48. The van der Waals surface area contributed by atoms with Gasteiger partial charge in [-0.3, -0.25) is 0 Å². The minimum atomic E-state index is 0.100. The highest BCUT2D eigenvalue weighted by Gasteiger charge is 2.41. The summed E-state index contributed by atoms with van der Waals surface area (Å²) in [4.78, 5) is 0. The zero-order valence-corrected chi connectivity index (χ0v) is 15.3. The lowest BCUT2D eigenvalue weighted by Gasteiger charge is -2.39. The summed E-state index contributed by atoms with van der Waals surface area (Å²) < 4.78 is 5.57. The Labute approximate surface area is 156 Å². The van der Waals surface area contributed by atoms with Crippen molar-refractivity contribution < 1.29 is 4.74 Å². The van der Waals surface area contributed by atoms with Gasteiger partial charge in [-0.2, -0.15) is 0 Å². The van der Waals surface area contributed by atoms with Crippen molar-refractivity contribution in [3.05, 3.63) is 68.7 Å². The van der Waals surface area contributed by atoms with Crippen molar-refractivity contribution in [1.29, 1.82) is 0 Å². The number of nitrogens with one attached hydrogen (secondary N) is 1. The summed E-state index contributed by atoms with van der Waals surface area (Å²) in [5, 5.41) is 5.28. The van der Waals surface area contributed by atoms with Crippen LogP contribution in [0.25, 0.3) is 0 Å². The molecule has 3 atom stereocenters. The first-order chi connectivity index (χ1) is 11.6. The lowest BCUT2D eigenvalue weighted by atomic mass is 9.76. The zero-order chi connectivity index (χ0) is 16.8. The molecule has 0 spiro atoms. The Bertz CT molecular complexity index is 834. The minimum absolute atomic E-state index is 0.100. The van der Waals surface area contributed by atoms with Crippen LogP contribution in [0.4, 0.5) is 5.69 Å². The Morgan fingerprint density at radius 2 is 1.92 bits per heavy atom. The molecule has 0 radical (unpaired) electrons. The third-order valence-corrected chi connectivity index (χ3v) is 6.06. The molecule has 1 aliphatic carbocycles. The largest absolute Gasteiger partial charge is 0.496 e. The van der Waals surface area contributed by atoms with E-state index in [1.165, 1.54) is 0 Å². The molecule has 2 aliphatic rings. The van der Waals surface area contributed by atoms with E-state index in [0.717, 1.165) is 29.0 Å². The number of hydrogen-bond acceptors (Lipinski definition) is 2. The van der Waals surface area contributed by atoms with Crippen LogP contribution in [-0.4, -0.2) is 7.11 Å². The summed E-state index contributed by atoms with van der Waals surface area (Å²) in [6.45, 7) is 0. The third kappa shape index (κ3) is 2.40. The van der Waals surface area contributed by atoms with Gasteiger partial charge in [-0.15, -0.1) is 0 Å². The van der Waals surface area contributed by atoms with Crippen molar-refractivity contribution in [2.75, 3.05) is 12.4 Å². The van der Waals surface area contributed by atoms with Crippen molar-refractivity contribution in [2.24, 2.45) is 5.92 Å². The van der Waals surface area contributed by atoms with Gasteiger partial charge in [-0.25, -0.2) is 0 Å². The number of halogens is 3. The highest BCUT2D eigenvalue weighted by molar-refractivity contribution is 6.44. The second kappa shape index (κ2) is 6.18. The van der Waals surface area contributed by atoms with Gasteiger partial charge in [0.2, 0.25) is 0 Å². The first-order valence-electron chi connectivity index (χ1n) is 7.85. The normalized spacial score (nSPS) is 24.2. The van der Waals surface area contributed by atoms with E-state index in [4.69, 9.17) is 39.5 Å². The maximum atomic E-state index is 6.51. The van der Waals surface area contributed by atoms with E-state index in [-0.39, 0.29) is 12.0 Å². The standard InChI is InChI=1S/C19H16Cl3NO/c1-24-15-8-3-2-5-12(15)18-11-7-4-6-10(11)16-17(22)13(20)9-14(21)19(16)23-18/h2-6,8-11,18,23H,7H2,1H3/t10-,11+,18-/m1/s1. The van der Waals surface area contributed by atoms with Gasteiger partial charge in [0, 0.05) is 17.0 Å². The molecular weight excluding hydrogens is 365 g/mol. The van der Waals surface area contributed by atoms with Crippen LogP contribution in [0.1, 0.15) is 29.5 Å². The number of allylic oxidation sites excluding steroid dienone is 2. The Morgan fingerprint density at radius 1 is 1.12 bits per heavy atom. The molecule has 1 N–H and O–H groups in total. The molecule has 5 heteroatoms. The van der Waals surface area contributed by atoms with Crippen LogP contribution in [0.3, 0.4) is 0 Å². The van der Waals surface area contributed by atoms with Crippen LogP contribution in [0, 0.1) is 5.92 Å². The van der Waals surface area contributed by atoms with Gasteiger partial charge in [-0.05, 0) is 24.5 Å². The van der Waals surface area contributed by atoms with Crippen molar-refractivity contribution in [3.8, 4) is 5.75 Å². The number of para-hydroxylation sites is 1. The van der Waals surface area contributed by atoms with E-state index >= 15 is 0 Å². The molecule has 1 aliphatic heterocycles. The molecule has 2 aromatic carbocycles. The van der Waals surface area contributed by atoms with Crippen molar-refractivity contribution in [1.82, 2.24) is 0 Å². The fraction of sp³-hybridized carbons (Fsp3) is 0.263. The first-order valence-corrected chi connectivity index (χ1v) is 8.98. The Morgan fingerprint density at radius 3 is 2.71 bits per heavy atom. The lowest BCUT2D eigenvalue weighted by Crippen LogP contribution is -2.30. The van der Waals surface area contributed by atoms with Gasteiger partial charge >= 0.3 is 0 Å². The number of benzene rings is 2. The zero-order valence-electron chi connectivity index (χ0n) is 13.0. The predicted molar refractivity (Wildman–Crippen MR) is 101 cm³/mol. The molecule has 2 nitrogen and oxygen atoms in total. The summed E-state index contributed by atoms with van der Waals surface area (Å²) in [6, 6.07) is 9.90. The molecule has 24 heavy (non-hydrogen) atoms. The summed E-state index contributed by atoms with van der Waals surface area (Å²) >= 11 is 19.2. The fourth-order valence-electron chi connectivity index (χ4n) is 3.89. The third-order valence-electron chi connectivity index (χ3n) is 4.96. The minimum Gasteiger partial charge on any atom is -0.496 e. The van der Waals surface area contributed by atoms with Crippen LogP contribution in [0.5, 0.6) is 5.75 Å². The van der Waals surface area contributed by atoms with E-state index in [0.29, 0.717) is 21.0 Å². The summed E-state index contributed by atoms with van der Waals surface area (Å²) in [6.07, 6.45) is 5.39. The maximum absolute atomic E-state index is 6.51. The highest BCUT2D eigenvalue weighted by atomic mass is 35.5. The van der Waals surface area contributed by atoms with E-state index in [9.17, 15) is 0 Å². The number of methoxy groups -OCH3 is 1. The average molecular weight is 381 g/mol. The molecule has 0 aromatic heterocycles. The van der Waals surface area contributed by atoms with Gasteiger partial charge < -0.3 is 10.1 Å². The highest BCUT2D eigenvalue weighted by Crippen LogP contribution is 2.55. The molecule has 0 fully saturated rings. The lowest BCUT2D eigenvalue weighted by molar-refractivity contribution is 0.381. The van der Waals surface area contributed by atoms with Crippen molar-refractivity contribution in [2.45, 2.75) is 18.4 Å². The summed E-state index contributed by atoms with van der Waals surface area (Å²) in [5.74, 6) is 1.42. The molecular formula is C19H16Cl3NO. The van der Waals surface area contributed by atoms with Crippen LogP contribution >= 0.6 is 34.8 Å². The molecule has 4 rings (SSSR count). The van der Waals surface area contributed by atoms with Gasteiger partial charge in [0.25, 0.3) is 0 Å². The van der Waals surface area contributed by atoms with Crippen molar-refractivity contribution in [3.63, 3.8) is 0 Å². The second-order valence-corrected chi connectivity index (χ2v) is 7.35. The molecule has 0 amide bonds. The van der Waals surface area contributed by atoms with E-state index in [1.807, 2.05) is 18.2 Å². The molecule has 0 saturated carbocycles. The Balaban J connectivity index is 1.88. The first kappa shape index (κ1) is 16.1. The molecule has 0 bridgehead atoms. The quantitative estimate of drug-likeness (QED) is 0.475. The fourth-order valence-corrected chi connectivity index (χ4v) is 4.70. The van der Waals surface area contributed by atoms with Gasteiger partial charge in [-0.1, -0.05) is 65.2 Å². The molecule has 124 valence electrons. The molecule has 2 aromatic rings. The van der Waals surface area contributed by atoms with E-state index < -0.39 is 0 Å². The average Bonchev–Trinajstić information content (AvgIpc) is 3.08. The monoisotopic (exact) mass is 379 g/mol. The van der Waals surface area contributed by atoms with Crippen LogP contribution in [0.2, 0.25) is 15.1 Å². The SMILES string of the molecule is COc1ccccc1[C@@H]1Nc2c(Cl)cc(Cl)c(Cl)c2[C@@H]2C=CC[C@@H]21. The molecule has 0 unspecified atom stereocenters. The topological polar surface area (TPSA) is 21.3 Å². The van der Waals surface area contributed by atoms with E-state index in [2.05, 4.69) is 23.5 Å². The van der Waals surface area contributed by atoms with Crippen molar-refractivity contribution >= 4 is 40.5 Å². The number of ether oxygens (including phenoxy) is 1. The smallest absolute Gasteiger partial charge is 0.124 e. The van der Waals surface area contributed by atoms with Gasteiger partial charge in [0.1, 0.15) is 5.75 Å². The van der Waals surface area contributed by atoms with E-state index in [1.54, 1.807) is 13.2 Å². The number of anilines is 1.